The normalized spacial score (nSPS) is 33.6. The standard InChI is InChI=1S/C13H24N2O3/c1-10-9-18-11(2)7-15(10)8-13(16)14-6-12-4-3-5-17-12/h10-12H,3-9H2,1-2H3,(H,14,16)/t10-,11+,12+/m0/s1. The molecule has 0 bridgehead atoms. The van der Waals surface area contributed by atoms with Crippen molar-refractivity contribution in [1.82, 2.24) is 10.2 Å². The highest BCUT2D eigenvalue weighted by Crippen LogP contribution is 2.12. The molecule has 0 aliphatic carbocycles. The first-order chi connectivity index (χ1) is 8.65. The maximum Gasteiger partial charge on any atom is 0.234 e. The van der Waals surface area contributed by atoms with Crippen LogP contribution in [0, 0.1) is 0 Å². The molecule has 1 N–H and O–H groups in total. The lowest BCUT2D eigenvalue weighted by Crippen LogP contribution is -2.51. The molecule has 0 radical (unpaired) electrons. The van der Waals surface area contributed by atoms with Crippen LogP contribution in [-0.2, 0) is 14.3 Å². The van der Waals surface area contributed by atoms with Crippen molar-refractivity contribution in [3.8, 4) is 0 Å². The summed E-state index contributed by atoms with van der Waals surface area (Å²) in [6.07, 6.45) is 2.60. The molecular formula is C13H24N2O3. The smallest absolute Gasteiger partial charge is 0.234 e. The van der Waals surface area contributed by atoms with Crippen LogP contribution in [0.25, 0.3) is 0 Å². The van der Waals surface area contributed by atoms with E-state index in [-0.39, 0.29) is 18.1 Å². The fraction of sp³-hybridized carbons (Fsp3) is 0.923. The average Bonchev–Trinajstić information content (AvgIpc) is 2.84. The maximum absolute atomic E-state index is 11.9. The molecule has 2 aliphatic heterocycles. The lowest BCUT2D eigenvalue weighted by atomic mass is 10.2. The van der Waals surface area contributed by atoms with Crippen molar-refractivity contribution in [2.75, 3.05) is 32.8 Å². The predicted octanol–water partition coefficient (Wildman–Crippen LogP) is 0.391. The molecule has 2 heterocycles. The quantitative estimate of drug-likeness (QED) is 0.790. The molecule has 0 saturated carbocycles. The Morgan fingerprint density at radius 3 is 2.94 bits per heavy atom. The summed E-state index contributed by atoms with van der Waals surface area (Å²) in [4.78, 5) is 14.1. The number of carbonyl (C=O) groups excluding carboxylic acids is 1. The number of morpholine rings is 1. The summed E-state index contributed by atoms with van der Waals surface area (Å²) in [5.41, 5.74) is 0. The number of rotatable bonds is 4. The van der Waals surface area contributed by atoms with E-state index in [2.05, 4.69) is 17.1 Å². The first-order valence-electron chi connectivity index (χ1n) is 6.89. The Hall–Kier alpha value is -0.650. The number of hydrogen-bond acceptors (Lipinski definition) is 4. The Kier molecular flexibility index (Phi) is 4.97. The molecule has 2 aliphatic rings. The molecule has 5 heteroatoms. The largest absolute Gasteiger partial charge is 0.376 e. The maximum atomic E-state index is 11.9. The second-order valence-electron chi connectivity index (χ2n) is 5.36. The van der Waals surface area contributed by atoms with E-state index in [1.165, 1.54) is 0 Å². The molecule has 0 unspecified atom stereocenters. The van der Waals surface area contributed by atoms with Gasteiger partial charge in [-0.25, -0.2) is 0 Å². The van der Waals surface area contributed by atoms with Gasteiger partial charge in [-0.1, -0.05) is 0 Å². The summed E-state index contributed by atoms with van der Waals surface area (Å²) in [6.45, 7) is 7.62. The number of carbonyl (C=O) groups is 1. The van der Waals surface area contributed by atoms with E-state index in [1.54, 1.807) is 0 Å². The van der Waals surface area contributed by atoms with Gasteiger partial charge < -0.3 is 14.8 Å². The molecule has 2 rings (SSSR count). The Morgan fingerprint density at radius 2 is 2.22 bits per heavy atom. The van der Waals surface area contributed by atoms with Crippen molar-refractivity contribution in [3.63, 3.8) is 0 Å². The molecule has 0 aromatic rings. The average molecular weight is 256 g/mol. The topological polar surface area (TPSA) is 50.8 Å². The fourth-order valence-corrected chi connectivity index (χ4v) is 2.47. The summed E-state index contributed by atoms with van der Waals surface area (Å²) in [6, 6.07) is 0.315. The third kappa shape index (κ3) is 3.93. The molecule has 1 amide bonds. The first-order valence-corrected chi connectivity index (χ1v) is 6.89. The number of ether oxygens (including phenoxy) is 2. The van der Waals surface area contributed by atoms with Gasteiger partial charge in [-0.05, 0) is 26.7 Å². The van der Waals surface area contributed by atoms with Gasteiger partial charge in [-0.3, -0.25) is 9.69 Å². The lowest BCUT2D eigenvalue weighted by Gasteiger charge is -2.36. The van der Waals surface area contributed by atoms with E-state index in [4.69, 9.17) is 9.47 Å². The Bertz CT molecular complexity index is 279. The minimum Gasteiger partial charge on any atom is -0.376 e. The van der Waals surface area contributed by atoms with Gasteiger partial charge in [0, 0.05) is 25.7 Å². The van der Waals surface area contributed by atoms with Crippen molar-refractivity contribution in [2.24, 2.45) is 0 Å². The monoisotopic (exact) mass is 256 g/mol. The number of amides is 1. The molecule has 2 fully saturated rings. The van der Waals surface area contributed by atoms with Gasteiger partial charge >= 0.3 is 0 Å². The zero-order chi connectivity index (χ0) is 13.0. The predicted molar refractivity (Wildman–Crippen MR) is 68.4 cm³/mol. The summed E-state index contributed by atoms with van der Waals surface area (Å²) >= 11 is 0. The van der Waals surface area contributed by atoms with E-state index in [1.807, 2.05) is 6.92 Å². The minimum absolute atomic E-state index is 0.0893. The molecule has 2 saturated heterocycles. The molecule has 0 aromatic heterocycles. The number of hydrogen-bond donors (Lipinski definition) is 1. The molecule has 5 nitrogen and oxygen atoms in total. The van der Waals surface area contributed by atoms with E-state index in [9.17, 15) is 4.79 Å². The third-order valence-corrected chi connectivity index (χ3v) is 3.63. The number of nitrogens with zero attached hydrogens (tertiary/aromatic N) is 1. The van der Waals surface area contributed by atoms with Crippen LogP contribution in [0.2, 0.25) is 0 Å². The molecule has 18 heavy (non-hydrogen) atoms. The zero-order valence-corrected chi connectivity index (χ0v) is 11.4. The summed E-state index contributed by atoms with van der Waals surface area (Å²) in [5.74, 6) is 0.0893. The van der Waals surface area contributed by atoms with Crippen molar-refractivity contribution in [3.05, 3.63) is 0 Å². The summed E-state index contributed by atoms with van der Waals surface area (Å²) in [5, 5.41) is 2.96. The Balaban J connectivity index is 1.69. The van der Waals surface area contributed by atoms with Crippen LogP contribution in [0.15, 0.2) is 0 Å². The van der Waals surface area contributed by atoms with Crippen LogP contribution in [0.4, 0.5) is 0 Å². The minimum atomic E-state index is 0.0893. The summed E-state index contributed by atoms with van der Waals surface area (Å²) < 4.78 is 11.0. The first kappa shape index (κ1) is 13.8. The van der Waals surface area contributed by atoms with Gasteiger partial charge in [0.1, 0.15) is 0 Å². The van der Waals surface area contributed by atoms with Crippen LogP contribution in [0.1, 0.15) is 26.7 Å². The zero-order valence-electron chi connectivity index (χ0n) is 11.4. The van der Waals surface area contributed by atoms with Gasteiger partial charge in [-0.2, -0.15) is 0 Å². The van der Waals surface area contributed by atoms with Crippen LogP contribution in [0.5, 0.6) is 0 Å². The molecule has 0 spiro atoms. The van der Waals surface area contributed by atoms with Gasteiger partial charge in [0.05, 0.1) is 25.4 Å². The van der Waals surface area contributed by atoms with Crippen molar-refractivity contribution in [2.45, 2.75) is 44.9 Å². The van der Waals surface area contributed by atoms with Gasteiger partial charge in [0.15, 0.2) is 0 Å². The SMILES string of the molecule is C[C@@H]1CN(CC(=O)NC[C@H]2CCCO2)[C@@H](C)CO1. The van der Waals surface area contributed by atoms with Crippen LogP contribution >= 0.6 is 0 Å². The molecule has 3 atom stereocenters. The second-order valence-corrected chi connectivity index (χ2v) is 5.36. The van der Waals surface area contributed by atoms with E-state index in [0.717, 1.165) is 26.0 Å². The van der Waals surface area contributed by atoms with Gasteiger partial charge in [-0.15, -0.1) is 0 Å². The fourth-order valence-electron chi connectivity index (χ4n) is 2.47. The highest BCUT2D eigenvalue weighted by atomic mass is 16.5. The Morgan fingerprint density at radius 1 is 1.39 bits per heavy atom. The number of nitrogens with one attached hydrogen (secondary N) is 1. The second kappa shape index (κ2) is 6.50. The molecular weight excluding hydrogens is 232 g/mol. The van der Waals surface area contributed by atoms with Crippen LogP contribution in [-0.4, -0.2) is 61.9 Å². The van der Waals surface area contributed by atoms with Crippen LogP contribution in [0.3, 0.4) is 0 Å². The van der Waals surface area contributed by atoms with Gasteiger partial charge in [0.25, 0.3) is 0 Å². The van der Waals surface area contributed by atoms with E-state index < -0.39 is 0 Å². The van der Waals surface area contributed by atoms with E-state index >= 15 is 0 Å². The van der Waals surface area contributed by atoms with Crippen molar-refractivity contribution in [1.29, 1.82) is 0 Å². The highest BCUT2D eigenvalue weighted by molar-refractivity contribution is 5.78. The lowest BCUT2D eigenvalue weighted by molar-refractivity contribution is -0.126. The third-order valence-electron chi connectivity index (χ3n) is 3.63. The molecule has 0 aromatic carbocycles. The molecule has 104 valence electrons. The van der Waals surface area contributed by atoms with Crippen molar-refractivity contribution >= 4 is 5.91 Å². The van der Waals surface area contributed by atoms with E-state index in [0.29, 0.717) is 25.7 Å². The highest BCUT2D eigenvalue weighted by Gasteiger charge is 2.25. The van der Waals surface area contributed by atoms with Crippen LogP contribution < -0.4 is 5.32 Å². The summed E-state index contributed by atoms with van der Waals surface area (Å²) in [7, 11) is 0. The van der Waals surface area contributed by atoms with Gasteiger partial charge in [0.2, 0.25) is 5.91 Å². The van der Waals surface area contributed by atoms with Crippen molar-refractivity contribution < 1.29 is 14.3 Å². The Labute approximate surface area is 109 Å².